The number of hydrogen-bond acceptors (Lipinski definition) is 6. The van der Waals surface area contributed by atoms with E-state index in [0.29, 0.717) is 18.1 Å². The Morgan fingerprint density at radius 2 is 1.92 bits per heavy atom. The predicted octanol–water partition coefficient (Wildman–Crippen LogP) is 0.900. The van der Waals surface area contributed by atoms with E-state index >= 15 is 0 Å². The Labute approximate surface area is 152 Å². The lowest BCUT2D eigenvalue weighted by Crippen LogP contribution is -2.51. The van der Waals surface area contributed by atoms with Crippen molar-refractivity contribution in [3.8, 4) is 0 Å². The number of anilines is 1. The molecule has 8 nitrogen and oxygen atoms in total. The number of benzene rings is 1. The molecule has 2 heterocycles. The van der Waals surface area contributed by atoms with Gasteiger partial charge in [0.2, 0.25) is 5.95 Å². The van der Waals surface area contributed by atoms with Crippen LogP contribution in [0.4, 0.5) is 5.95 Å². The molecular formula is C18H22N6O2. The van der Waals surface area contributed by atoms with E-state index in [2.05, 4.69) is 19.9 Å². The molecule has 0 aliphatic carbocycles. The van der Waals surface area contributed by atoms with E-state index in [9.17, 15) is 4.79 Å². The minimum absolute atomic E-state index is 0.358. The summed E-state index contributed by atoms with van der Waals surface area (Å²) in [7, 11) is 1.37. The molecule has 2 aromatic rings. The molecule has 0 atom stereocenters. The van der Waals surface area contributed by atoms with Gasteiger partial charge in [0.15, 0.2) is 5.96 Å². The van der Waals surface area contributed by atoms with Crippen LogP contribution in [0.3, 0.4) is 0 Å². The summed E-state index contributed by atoms with van der Waals surface area (Å²) in [6.07, 6.45) is 3.49. The molecule has 3 rings (SSSR count). The van der Waals surface area contributed by atoms with Crippen molar-refractivity contribution in [3.63, 3.8) is 0 Å². The van der Waals surface area contributed by atoms with E-state index in [4.69, 9.17) is 10.5 Å². The maximum Gasteiger partial charge on any atom is 0.337 e. The largest absolute Gasteiger partial charge is 0.465 e. The third-order valence-electron chi connectivity index (χ3n) is 4.21. The second-order valence-corrected chi connectivity index (χ2v) is 5.89. The van der Waals surface area contributed by atoms with E-state index in [1.54, 1.807) is 30.6 Å². The number of carbonyl (C=O) groups is 1. The molecule has 0 bridgehead atoms. The Morgan fingerprint density at radius 3 is 2.62 bits per heavy atom. The highest BCUT2D eigenvalue weighted by atomic mass is 16.5. The summed E-state index contributed by atoms with van der Waals surface area (Å²) in [5.41, 5.74) is 7.56. The van der Waals surface area contributed by atoms with Gasteiger partial charge in [0.1, 0.15) is 0 Å². The Morgan fingerprint density at radius 1 is 1.19 bits per heavy atom. The third-order valence-corrected chi connectivity index (χ3v) is 4.21. The van der Waals surface area contributed by atoms with Gasteiger partial charge in [-0.25, -0.2) is 19.8 Å². The van der Waals surface area contributed by atoms with Crippen LogP contribution in [0.1, 0.15) is 15.9 Å². The molecule has 0 amide bonds. The monoisotopic (exact) mass is 354 g/mol. The van der Waals surface area contributed by atoms with Crippen molar-refractivity contribution in [2.24, 2.45) is 10.7 Å². The molecule has 0 unspecified atom stereocenters. The fraction of sp³-hybridized carbons (Fsp3) is 0.333. The molecule has 2 N–H and O–H groups in total. The van der Waals surface area contributed by atoms with Crippen molar-refractivity contribution in [1.82, 2.24) is 14.9 Å². The van der Waals surface area contributed by atoms with Crippen molar-refractivity contribution in [3.05, 3.63) is 53.9 Å². The summed E-state index contributed by atoms with van der Waals surface area (Å²) in [6.45, 7) is 3.51. The SMILES string of the molecule is COC(=O)c1cccc(CN=C(N)N2CCN(c3ncccn3)CC2)c1. The van der Waals surface area contributed by atoms with E-state index in [1.165, 1.54) is 7.11 Å². The summed E-state index contributed by atoms with van der Waals surface area (Å²) in [5, 5.41) is 0. The van der Waals surface area contributed by atoms with Crippen LogP contribution in [0.25, 0.3) is 0 Å². The quantitative estimate of drug-likeness (QED) is 0.495. The Hall–Kier alpha value is -3.16. The first-order chi connectivity index (χ1) is 12.7. The van der Waals surface area contributed by atoms with Crippen molar-refractivity contribution in [2.75, 3.05) is 38.2 Å². The molecule has 1 fully saturated rings. The molecule has 1 aliphatic heterocycles. The number of hydrogen-bond donors (Lipinski definition) is 1. The standard InChI is InChI=1S/C18H22N6O2/c1-26-16(25)15-5-2-4-14(12-15)13-22-17(19)23-8-10-24(11-9-23)18-20-6-3-7-21-18/h2-7,12H,8-11,13H2,1H3,(H2,19,22). The molecular weight excluding hydrogens is 332 g/mol. The lowest BCUT2D eigenvalue weighted by molar-refractivity contribution is 0.0600. The van der Waals surface area contributed by atoms with Crippen LogP contribution in [0.2, 0.25) is 0 Å². The van der Waals surface area contributed by atoms with Crippen LogP contribution in [0.5, 0.6) is 0 Å². The maximum absolute atomic E-state index is 11.6. The molecule has 1 aromatic heterocycles. The fourth-order valence-corrected chi connectivity index (χ4v) is 2.78. The fourth-order valence-electron chi connectivity index (χ4n) is 2.78. The first-order valence-electron chi connectivity index (χ1n) is 8.41. The van der Waals surface area contributed by atoms with Crippen molar-refractivity contribution in [1.29, 1.82) is 0 Å². The van der Waals surface area contributed by atoms with Gasteiger partial charge in [-0.3, -0.25) is 0 Å². The first kappa shape index (κ1) is 17.7. The van der Waals surface area contributed by atoms with Crippen molar-refractivity contribution >= 4 is 17.9 Å². The van der Waals surface area contributed by atoms with Gasteiger partial charge in [0.25, 0.3) is 0 Å². The Bertz CT molecular complexity index is 772. The summed E-state index contributed by atoms with van der Waals surface area (Å²) in [5.74, 6) is 0.882. The van der Waals surface area contributed by atoms with Crippen LogP contribution in [-0.4, -0.2) is 60.1 Å². The average Bonchev–Trinajstić information content (AvgIpc) is 2.72. The normalized spacial score (nSPS) is 15.0. The Balaban J connectivity index is 1.57. The van der Waals surface area contributed by atoms with Crippen LogP contribution in [-0.2, 0) is 11.3 Å². The van der Waals surface area contributed by atoms with Crippen LogP contribution < -0.4 is 10.6 Å². The zero-order valence-electron chi connectivity index (χ0n) is 14.7. The number of rotatable bonds is 4. The zero-order valence-corrected chi connectivity index (χ0v) is 14.7. The van der Waals surface area contributed by atoms with Gasteiger partial charge < -0.3 is 20.3 Å². The number of guanidine groups is 1. The van der Waals surface area contributed by atoms with Gasteiger partial charge in [0, 0.05) is 38.6 Å². The number of ether oxygens (including phenoxy) is 1. The van der Waals surface area contributed by atoms with Crippen LogP contribution >= 0.6 is 0 Å². The molecule has 8 heteroatoms. The number of piperazine rings is 1. The van der Waals surface area contributed by atoms with Crippen molar-refractivity contribution < 1.29 is 9.53 Å². The average molecular weight is 354 g/mol. The molecule has 0 radical (unpaired) electrons. The molecule has 136 valence electrons. The number of aromatic nitrogens is 2. The van der Waals surface area contributed by atoms with Gasteiger partial charge in [-0.2, -0.15) is 0 Å². The van der Waals surface area contributed by atoms with Crippen molar-refractivity contribution in [2.45, 2.75) is 6.54 Å². The molecule has 1 saturated heterocycles. The van der Waals surface area contributed by atoms with Gasteiger partial charge in [-0.15, -0.1) is 0 Å². The lowest BCUT2D eigenvalue weighted by atomic mass is 10.1. The minimum Gasteiger partial charge on any atom is -0.465 e. The first-order valence-corrected chi connectivity index (χ1v) is 8.41. The molecule has 1 aromatic carbocycles. The van der Waals surface area contributed by atoms with Gasteiger partial charge in [0.05, 0.1) is 19.2 Å². The molecule has 1 aliphatic rings. The van der Waals surface area contributed by atoms with Crippen LogP contribution in [0, 0.1) is 0 Å². The second-order valence-electron chi connectivity index (χ2n) is 5.89. The summed E-state index contributed by atoms with van der Waals surface area (Å²) >= 11 is 0. The zero-order chi connectivity index (χ0) is 18.4. The number of aliphatic imine (C=N–C) groups is 1. The number of carbonyl (C=O) groups excluding carboxylic acids is 1. The van der Waals surface area contributed by atoms with E-state index in [0.717, 1.165) is 37.7 Å². The minimum atomic E-state index is -0.358. The highest BCUT2D eigenvalue weighted by Gasteiger charge is 2.19. The van der Waals surface area contributed by atoms with E-state index in [1.807, 2.05) is 17.0 Å². The highest BCUT2D eigenvalue weighted by molar-refractivity contribution is 5.89. The van der Waals surface area contributed by atoms with Gasteiger partial charge in [-0.05, 0) is 23.8 Å². The maximum atomic E-state index is 11.6. The molecule has 26 heavy (non-hydrogen) atoms. The van der Waals surface area contributed by atoms with Gasteiger partial charge >= 0.3 is 5.97 Å². The number of methoxy groups -OCH3 is 1. The van der Waals surface area contributed by atoms with E-state index < -0.39 is 0 Å². The third kappa shape index (κ3) is 4.27. The summed E-state index contributed by atoms with van der Waals surface area (Å²) < 4.78 is 4.74. The molecule has 0 spiro atoms. The van der Waals surface area contributed by atoms with Crippen LogP contribution in [0.15, 0.2) is 47.7 Å². The second kappa shape index (κ2) is 8.28. The topological polar surface area (TPSA) is 96.9 Å². The number of esters is 1. The number of nitrogens with zero attached hydrogens (tertiary/aromatic N) is 5. The predicted molar refractivity (Wildman–Crippen MR) is 98.9 cm³/mol. The lowest BCUT2D eigenvalue weighted by Gasteiger charge is -2.35. The highest BCUT2D eigenvalue weighted by Crippen LogP contribution is 2.11. The Kier molecular flexibility index (Phi) is 5.62. The number of nitrogens with two attached hydrogens (primary N) is 1. The molecule has 0 saturated carbocycles. The summed E-state index contributed by atoms with van der Waals surface area (Å²) in [4.78, 5) is 28.8. The van der Waals surface area contributed by atoms with Gasteiger partial charge in [-0.1, -0.05) is 12.1 Å². The van der Waals surface area contributed by atoms with E-state index in [-0.39, 0.29) is 5.97 Å². The summed E-state index contributed by atoms with van der Waals surface area (Å²) in [6, 6.07) is 9.01. The smallest absolute Gasteiger partial charge is 0.337 e.